The molecule has 0 saturated heterocycles. The lowest BCUT2D eigenvalue weighted by Gasteiger charge is -2.15. The van der Waals surface area contributed by atoms with Crippen LogP contribution in [0.3, 0.4) is 0 Å². The van der Waals surface area contributed by atoms with Crippen LogP contribution in [0.2, 0.25) is 0 Å². The van der Waals surface area contributed by atoms with Crippen molar-refractivity contribution in [3.8, 4) is 11.1 Å². The van der Waals surface area contributed by atoms with E-state index in [1.807, 2.05) is 53.8 Å². The second kappa shape index (κ2) is 9.07. The second-order valence-corrected chi connectivity index (χ2v) is 7.31. The standard InChI is InChI=1S/C24H18F2N2O5/c25-18-9-10-19(22(26)21(18)23(31)27-11-20(29)30)28-24(32)33-12-17-15-7-3-1-5-13(15)14-6-2-4-8-16(14)17/h1-10,17H,11-12H2,(H,27,31)(H,28,32)(H,29,30). The molecule has 3 aromatic carbocycles. The number of amides is 2. The fourth-order valence-corrected chi connectivity index (χ4v) is 3.85. The average Bonchev–Trinajstić information content (AvgIpc) is 3.12. The number of anilines is 1. The number of nitrogens with one attached hydrogen (secondary N) is 2. The van der Waals surface area contributed by atoms with Crippen LogP contribution in [0.4, 0.5) is 19.3 Å². The quantitative estimate of drug-likeness (QED) is 0.522. The number of ether oxygens (including phenoxy) is 1. The summed E-state index contributed by atoms with van der Waals surface area (Å²) in [4.78, 5) is 34.9. The van der Waals surface area contributed by atoms with Crippen LogP contribution in [0.25, 0.3) is 11.1 Å². The third-order valence-corrected chi connectivity index (χ3v) is 5.30. The molecule has 0 bridgehead atoms. The summed E-state index contributed by atoms with van der Waals surface area (Å²) in [5, 5.41) is 12.7. The molecule has 168 valence electrons. The third kappa shape index (κ3) is 4.38. The molecule has 9 heteroatoms. The lowest BCUT2D eigenvalue weighted by Crippen LogP contribution is -2.31. The first kappa shape index (κ1) is 21.9. The van der Waals surface area contributed by atoms with Crippen molar-refractivity contribution >= 4 is 23.7 Å². The Balaban J connectivity index is 1.47. The summed E-state index contributed by atoms with van der Waals surface area (Å²) in [6, 6.07) is 17.2. The van der Waals surface area contributed by atoms with Gasteiger partial charge in [0.05, 0.1) is 5.69 Å². The molecule has 2 amide bonds. The Bertz CT molecular complexity index is 1220. The Labute approximate surface area is 187 Å². The minimum absolute atomic E-state index is 0.0192. The van der Waals surface area contributed by atoms with Crippen molar-refractivity contribution in [2.24, 2.45) is 0 Å². The highest BCUT2D eigenvalue weighted by Gasteiger charge is 2.29. The third-order valence-electron chi connectivity index (χ3n) is 5.30. The minimum Gasteiger partial charge on any atom is -0.480 e. The fraction of sp³-hybridized carbons (Fsp3) is 0.125. The van der Waals surface area contributed by atoms with Gasteiger partial charge in [-0.05, 0) is 34.4 Å². The van der Waals surface area contributed by atoms with E-state index in [4.69, 9.17) is 9.84 Å². The predicted molar refractivity (Wildman–Crippen MR) is 115 cm³/mol. The zero-order chi connectivity index (χ0) is 23.5. The Morgan fingerprint density at radius 2 is 1.52 bits per heavy atom. The van der Waals surface area contributed by atoms with Crippen LogP contribution in [-0.4, -0.2) is 36.2 Å². The fourth-order valence-electron chi connectivity index (χ4n) is 3.85. The molecule has 0 unspecified atom stereocenters. The molecule has 4 rings (SSSR count). The van der Waals surface area contributed by atoms with Crippen LogP contribution < -0.4 is 10.6 Å². The van der Waals surface area contributed by atoms with Crippen molar-refractivity contribution in [2.45, 2.75) is 5.92 Å². The van der Waals surface area contributed by atoms with Gasteiger partial charge in [0.15, 0.2) is 5.82 Å². The van der Waals surface area contributed by atoms with Gasteiger partial charge in [0.25, 0.3) is 5.91 Å². The molecule has 7 nitrogen and oxygen atoms in total. The number of aliphatic carboxylic acids is 1. The van der Waals surface area contributed by atoms with Crippen molar-refractivity contribution in [2.75, 3.05) is 18.5 Å². The van der Waals surface area contributed by atoms with Gasteiger partial charge in [-0.3, -0.25) is 14.9 Å². The summed E-state index contributed by atoms with van der Waals surface area (Å²) in [6.07, 6.45) is -0.987. The Morgan fingerprint density at radius 1 is 0.909 bits per heavy atom. The largest absolute Gasteiger partial charge is 0.480 e. The summed E-state index contributed by atoms with van der Waals surface area (Å²) >= 11 is 0. The molecule has 1 aliphatic carbocycles. The van der Waals surface area contributed by atoms with Gasteiger partial charge in [0.2, 0.25) is 0 Å². The number of carbonyl (C=O) groups is 3. The van der Waals surface area contributed by atoms with Crippen LogP contribution in [0.15, 0.2) is 60.7 Å². The van der Waals surface area contributed by atoms with E-state index < -0.39 is 47.4 Å². The van der Waals surface area contributed by atoms with E-state index >= 15 is 0 Å². The second-order valence-electron chi connectivity index (χ2n) is 7.31. The summed E-state index contributed by atoms with van der Waals surface area (Å²) in [5.41, 5.74) is 2.60. The maximum Gasteiger partial charge on any atom is 0.411 e. The molecule has 0 fully saturated rings. The van der Waals surface area contributed by atoms with Gasteiger partial charge in [-0.15, -0.1) is 0 Å². The molecule has 3 aromatic rings. The number of hydrogen-bond donors (Lipinski definition) is 3. The number of carboxylic acids is 1. The number of hydrogen-bond acceptors (Lipinski definition) is 4. The summed E-state index contributed by atoms with van der Waals surface area (Å²) in [7, 11) is 0. The SMILES string of the molecule is O=C(O)CNC(=O)c1c(F)ccc(NC(=O)OCC2c3ccccc3-c3ccccc32)c1F. The predicted octanol–water partition coefficient (Wildman–Crippen LogP) is 4.14. The van der Waals surface area contributed by atoms with E-state index in [0.29, 0.717) is 0 Å². The molecule has 33 heavy (non-hydrogen) atoms. The summed E-state index contributed by atoms with van der Waals surface area (Å²) in [6.45, 7) is -0.837. The number of rotatable bonds is 6. The van der Waals surface area contributed by atoms with Crippen LogP contribution >= 0.6 is 0 Å². The van der Waals surface area contributed by atoms with Crippen molar-refractivity contribution in [1.29, 1.82) is 0 Å². The lowest BCUT2D eigenvalue weighted by molar-refractivity contribution is -0.135. The first-order valence-corrected chi connectivity index (χ1v) is 9.96. The number of halogens is 2. The molecular weight excluding hydrogens is 434 g/mol. The number of fused-ring (bicyclic) bond motifs is 3. The minimum atomic E-state index is -1.38. The van der Waals surface area contributed by atoms with E-state index in [1.165, 1.54) is 0 Å². The van der Waals surface area contributed by atoms with Crippen LogP contribution in [0.1, 0.15) is 27.4 Å². The van der Waals surface area contributed by atoms with Gasteiger partial charge in [0, 0.05) is 5.92 Å². The Kier molecular flexibility index (Phi) is 6.03. The molecule has 0 heterocycles. The van der Waals surface area contributed by atoms with Crippen LogP contribution in [0.5, 0.6) is 0 Å². The maximum absolute atomic E-state index is 14.7. The van der Waals surface area contributed by atoms with Crippen molar-refractivity contribution < 1.29 is 33.0 Å². The van der Waals surface area contributed by atoms with Crippen molar-refractivity contribution in [1.82, 2.24) is 5.32 Å². The van der Waals surface area contributed by atoms with Crippen LogP contribution in [0, 0.1) is 11.6 Å². The molecule has 3 N–H and O–H groups in total. The lowest BCUT2D eigenvalue weighted by atomic mass is 9.98. The molecule has 0 saturated carbocycles. The van der Waals surface area contributed by atoms with Gasteiger partial charge in [-0.25, -0.2) is 13.6 Å². The highest BCUT2D eigenvalue weighted by molar-refractivity contribution is 5.98. The van der Waals surface area contributed by atoms with Gasteiger partial charge >= 0.3 is 12.1 Å². The average molecular weight is 452 g/mol. The van der Waals surface area contributed by atoms with Crippen LogP contribution in [-0.2, 0) is 9.53 Å². The van der Waals surface area contributed by atoms with E-state index in [2.05, 4.69) is 5.32 Å². The Hall–Kier alpha value is -4.27. The number of carbonyl (C=O) groups excluding carboxylic acids is 2. The Morgan fingerprint density at radius 3 is 2.12 bits per heavy atom. The highest BCUT2D eigenvalue weighted by Crippen LogP contribution is 2.44. The van der Waals surface area contributed by atoms with Gasteiger partial charge in [-0.1, -0.05) is 48.5 Å². The monoisotopic (exact) mass is 452 g/mol. The van der Waals surface area contributed by atoms with E-state index in [-0.39, 0.29) is 12.5 Å². The maximum atomic E-state index is 14.7. The molecule has 0 aliphatic heterocycles. The molecule has 0 aromatic heterocycles. The molecule has 0 spiro atoms. The van der Waals surface area contributed by atoms with Gasteiger partial charge in [0.1, 0.15) is 24.5 Å². The van der Waals surface area contributed by atoms with Crippen molar-refractivity contribution in [3.05, 3.63) is 89.0 Å². The van der Waals surface area contributed by atoms with Gasteiger partial charge < -0.3 is 15.2 Å². The first-order chi connectivity index (χ1) is 15.9. The summed E-state index contributed by atoms with van der Waals surface area (Å²) < 4.78 is 34.0. The topological polar surface area (TPSA) is 105 Å². The van der Waals surface area contributed by atoms with Crippen molar-refractivity contribution in [3.63, 3.8) is 0 Å². The van der Waals surface area contributed by atoms with E-state index in [0.717, 1.165) is 34.4 Å². The molecular formula is C24H18F2N2O5. The molecule has 1 aliphatic rings. The van der Waals surface area contributed by atoms with E-state index in [1.54, 1.807) is 0 Å². The number of benzene rings is 3. The number of carboxylic acid groups (broad SMARTS) is 1. The molecule has 0 radical (unpaired) electrons. The highest BCUT2D eigenvalue weighted by atomic mass is 19.1. The zero-order valence-electron chi connectivity index (χ0n) is 17.1. The van der Waals surface area contributed by atoms with Gasteiger partial charge in [-0.2, -0.15) is 0 Å². The summed E-state index contributed by atoms with van der Waals surface area (Å²) in [5.74, 6) is -5.39. The normalized spacial score (nSPS) is 11.9. The van der Waals surface area contributed by atoms with E-state index in [9.17, 15) is 23.2 Å². The zero-order valence-corrected chi connectivity index (χ0v) is 17.1. The first-order valence-electron chi connectivity index (χ1n) is 9.96. The smallest absolute Gasteiger partial charge is 0.411 e. The molecule has 0 atom stereocenters.